The molecule has 0 aromatic heterocycles. The summed E-state index contributed by atoms with van der Waals surface area (Å²) in [4.78, 5) is 6.92. The lowest BCUT2D eigenvalue weighted by molar-refractivity contribution is -0.0690. The molecule has 2 rings (SSSR count). The quantitative estimate of drug-likeness (QED) is 0.392. The Bertz CT molecular complexity index is 363. The fraction of sp³-hybridized carbons (Fsp3) is 0.941. The van der Waals surface area contributed by atoms with Crippen molar-refractivity contribution in [3.8, 4) is 0 Å². The SMILES string of the molecule is Br.CCOCCC1(CN=C(N)N2CC(CC)OC(CC)C2)CC1. The fourth-order valence-corrected chi connectivity index (χ4v) is 3.01. The lowest BCUT2D eigenvalue weighted by Gasteiger charge is -2.38. The second-order valence-corrected chi connectivity index (χ2v) is 6.72. The number of guanidine groups is 1. The second-order valence-electron chi connectivity index (χ2n) is 6.72. The van der Waals surface area contributed by atoms with E-state index in [9.17, 15) is 0 Å². The van der Waals surface area contributed by atoms with Gasteiger partial charge in [-0.15, -0.1) is 17.0 Å². The number of nitrogens with two attached hydrogens (primary N) is 1. The van der Waals surface area contributed by atoms with Gasteiger partial charge in [0.15, 0.2) is 5.96 Å². The van der Waals surface area contributed by atoms with Crippen LogP contribution >= 0.6 is 17.0 Å². The van der Waals surface area contributed by atoms with Crippen molar-refractivity contribution < 1.29 is 9.47 Å². The minimum Gasteiger partial charge on any atom is -0.382 e. The van der Waals surface area contributed by atoms with Crippen LogP contribution in [0, 0.1) is 5.41 Å². The predicted molar refractivity (Wildman–Crippen MR) is 100 cm³/mol. The molecule has 0 spiro atoms. The Kier molecular flexibility index (Phi) is 8.86. The molecular formula is C17H34BrN3O2. The third kappa shape index (κ3) is 6.24. The Morgan fingerprint density at radius 3 is 2.30 bits per heavy atom. The lowest BCUT2D eigenvalue weighted by Crippen LogP contribution is -2.52. The normalized spacial score (nSPS) is 26.7. The van der Waals surface area contributed by atoms with Gasteiger partial charge in [-0.25, -0.2) is 0 Å². The van der Waals surface area contributed by atoms with Crippen molar-refractivity contribution in [2.45, 2.75) is 65.1 Å². The van der Waals surface area contributed by atoms with Gasteiger partial charge in [-0.1, -0.05) is 13.8 Å². The van der Waals surface area contributed by atoms with E-state index in [1.54, 1.807) is 0 Å². The highest BCUT2D eigenvalue weighted by molar-refractivity contribution is 8.93. The topological polar surface area (TPSA) is 60.1 Å². The van der Waals surface area contributed by atoms with E-state index in [0.29, 0.717) is 11.4 Å². The summed E-state index contributed by atoms with van der Waals surface area (Å²) in [5.74, 6) is 0.697. The number of halogens is 1. The molecule has 23 heavy (non-hydrogen) atoms. The van der Waals surface area contributed by atoms with E-state index in [4.69, 9.17) is 20.2 Å². The van der Waals surface area contributed by atoms with Gasteiger partial charge in [0.1, 0.15) is 0 Å². The molecule has 1 saturated carbocycles. The molecule has 0 bridgehead atoms. The molecule has 0 amide bonds. The van der Waals surface area contributed by atoms with Gasteiger partial charge in [0.05, 0.1) is 12.2 Å². The second kappa shape index (κ2) is 9.84. The van der Waals surface area contributed by atoms with Crippen molar-refractivity contribution in [2.75, 3.05) is 32.8 Å². The molecule has 2 N–H and O–H groups in total. The molecule has 0 aromatic rings. The van der Waals surface area contributed by atoms with E-state index in [0.717, 1.165) is 52.1 Å². The van der Waals surface area contributed by atoms with E-state index >= 15 is 0 Å². The largest absolute Gasteiger partial charge is 0.382 e. The van der Waals surface area contributed by atoms with Crippen molar-refractivity contribution in [1.82, 2.24) is 4.90 Å². The summed E-state index contributed by atoms with van der Waals surface area (Å²) >= 11 is 0. The summed E-state index contributed by atoms with van der Waals surface area (Å²) in [5, 5.41) is 0. The van der Waals surface area contributed by atoms with Crippen LogP contribution in [0.3, 0.4) is 0 Å². The van der Waals surface area contributed by atoms with Crippen LogP contribution in [0.4, 0.5) is 0 Å². The third-order valence-electron chi connectivity index (χ3n) is 4.98. The molecule has 2 unspecified atom stereocenters. The Labute approximate surface area is 151 Å². The number of rotatable bonds is 8. The van der Waals surface area contributed by atoms with Crippen LogP contribution in [-0.2, 0) is 9.47 Å². The van der Waals surface area contributed by atoms with E-state index in [2.05, 4.69) is 18.7 Å². The maximum Gasteiger partial charge on any atom is 0.191 e. The minimum atomic E-state index is 0. The van der Waals surface area contributed by atoms with Crippen LogP contribution < -0.4 is 5.73 Å². The first-order valence-corrected chi connectivity index (χ1v) is 8.90. The number of nitrogens with zero attached hydrogens (tertiary/aromatic N) is 2. The van der Waals surface area contributed by atoms with Crippen LogP contribution in [-0.4, -0.2) is 55.9 Å². The average molecular weight is 392 g/mol. The Hall–Kier alpha value is -0.330. The van der Waals surface area contributed by atoms with Crippen molar-refractivity contribution >= 4 is 22.9 Å². The maximum absolute atomic E-state index is 6.26. The van der Waals surface area contributed by atoms with Crippen molar-refractivity contribution in [3.05, 3.63) is 0 Å². The van der Waals surface area contributed by atoms with E-state index < -0.39 is 0 Å². The maximum atomic E-state index is 6.26. The van der Waals surface area contributed by atoms with Gasteiger partial charge < -0.3 is 20.1 Å². The summed E-state index contributed by atoms with van der Waals surface area (Å²) in [7, 11) is 0. The highest BCUT2D eigenvalue weighted by Crippen LogP contribution is 2.49. The molecule has 1 aliphatic carbocycles. The monoisotopic (exact) mass is 391 g/mol. The van der Waals surface area contributed by atoms with Gasteiger partial charge in [-0.05, 0) is 44.4 Å². The standard InChI is InChI=1S/C17H33N3O2.BrH/c1-4-14-11-20(12-15(5-2)22-14)16(18)19-13-17(7-8-17)9-10-21-6-3;/h14-15H,4-13H2,1-3H3,(H2,18,19);1H. The third-order valence-corrected chi connectivity index (χ3v) is 4.98. The molecule has 6 heteroatoms. The van der Waals surface area contributed by atoms with Crippen LogP contribution in [0.25, 0.3) is 0 Å². The summed E-state index contributed by atoms with van der Waals surface area (Å²) < 4.78 is 11.5. The average Bonchev–Trinajstić information content (AvgIpc) is 3.32. The number of morpholine rings is 1. The Balaban J connectivity index is 0.00000264. The molecule has 1 saturated heterocycles. The zero-order valence-corrected chi connectivity index (χ0v) is 16.6. The zero-order valence-electron chi connectivity index (χ0n) is 14.9. The van der Waals surface area contributed by atoms with Crippen LogP contribution in [0.1, 0.15) is 52.9 Å². The Morgan fingerprint density at radius 2 is 1.83 bits per heavy atom. The van der Waals surface area contributed by atoms with Crippen LogP contribution in [0.15, 0.2) is 4.99 Å². The van der Waals surface area contributed by atoms with Gasteiger partial charge in [0.2, 0.25) is 0 Å². The molecule has 2 fully saturated rings. The zero-order chi connectivity index (χ0) is 16.0. The lowest BCUT2D eigenvalue weighted by atomic mass is 10.0. The fourth-order valence-electron chi connectivity index (χ4n) is 3.01. The van der Waals surface area contributed by atoms with Gasteiger partial charge in [0, 0.05) is 32.8 Å². The van der Waals surface area contributed by atoms with Gasteiger partial charge >= 0.3 is 0 Å². The highest BCUT2D eigenvalue weighted by Gasteiger charge is 2.42. The highest BCUT2D eigenvalue weighted by atomic mass is 79.9. The van der Waals surface area contributed by atoms with E-state index in [-0.39, 0.29) is 29.2 Å². The van der Waals surface area contributed by atoms with Crippen LogP contribution in [0.2, 0.25) is 0 Å². The van der Waals surface area contributed by atoms with Crippen molar-refractivity contribution in [3.63, 3.8) is 0 Å². The van der Waals surface area contributed by atoms with Crippen molar-refractivity contribution in [1.29, 1.82) is 0 Å². The van der Waals surface area contributed by atoms with Gasteiger partial charge in [-0.2, -0.15) is 0 Å². The minimum absolute atomic E-state index is 0. The van der Waals surface area contributed by atoms with Crippen LogP contribution in [0.5, 0.6) is 0 Å². The predicted octanol–water partition coefficient (Wildman–Crippen LogP) is 2.98. The summed E-state index contributed by atoms with van der Waals surface area (Å²) in [6.07, 6.45) is 6.23. The molecule has 136 valence electrons. The summed E-state index contributed by atoms with van der Waals surface area (Å²) in [5.41, 5.74) is 6.62. The molecule has 2 atom stereocenters. The van der Waals surface area contributed by atoms with Gasteiger partial charge in [-0.3, -0.25) is 4.99 Å². The molecule has 1 aliphatic heterocycles. The molecule has 1 heterocycles. The molecule has 0 radical (unpaired) electrons. The smallest absolute Gasteiger partial charge is 0.191 e. The molecule has 5 nitrogen and oxygen atoms in total. The first-order chi connectivity index (χ1) is 10.6. The van der Waals surface area contributed by atoms with E-state index in [1.165, 1.54) is 12.8 Å². The number of hydrogen-bond acceptors (Lipinski definition) is 3. The first kappa shape index (κ1) is 20.7. The Morgan fingerprint density at radius 1 is 1.22 bits per heavy atom. The van der Waals surface area contributed by atoms with E-state index in [1.807, 2.05) is 6.92 Å². The van der Waals surface area contributed by atoms with Crippen molar-refractivity contribution in [2.24, 2.45) is 16.1 Å². The summed E-state index contributed by atoms with van der Waals surface area (Å²) in [6.45, 7) is 10.6. The number of aliphatic imine (C=N–C) groups is 1. The molecule has 2 aliphatic rings. The number of ether oxygens (including phenoxy) is 2. The molecule has 0 aromatic carbocycles. The van der Waals surface area contributed by atoms with Gasteiger partial charge in [0.25, 0.3) is 0 Å². The number of hydrogen-bond donors (Lipinski definition) is 1. The summed E-state index contributed by atoms with van der Waals surface area (Å²) in [6, 6.07) is 0. The molecular weight excluding hydrogens is 358 g/mol. The first-order valence-electron chi connectivity index (χ1n) is 8.90.